The van der Waals surface area contributed by atoms with E-state index in [-0.39, 0.29) is 5.41 Å². The zero-order valence-electron chi connectivity index (χ0n) is 21.7. The van der Waals surface area contributed by atoms with E-state index in [0.29, 0.717) is 22.8 Å². The molecule has 0 atom stereocenters. The Kier molecular flexibility index (Phi) is 5.63. The van der Waals surface area contributed by atoms with Gasteiger partial charge in [-0.25, -0.2) is 19.9 Å². The van der Waals surface area contributed by atoms with E-state index in [4.69, 9.17) is 5.26 Å². The van der Waals surface area contributed by atoms with Crippen molar-refractivity contribution in [3.05, 3.63) is 102 Å². The van der Waals surface area contributed by atoms with Crippen LogP contribution in [0.15, 0.2) is 85.5 Å². The van der Waals surface area contributed by atoms with Crippen molar-refractivity contribution in [2.24, 2.45) is 0 Å². The fraction of sp³-hybridized carbons (Fsp3) is 0.125. The van der Waals surface area contributed by atoms with Crippen LogP contribution in [0.3, 0.4) is 0 Å². The summed E-state index contributed by atoms with van der Waals surface area (Å²) in [5.41, 5.74) is 6.58. The molecule has 0 radical (unpaired) electrons. The van der Waals surface area contributed by atoms with Gasteiger partial charge in [-0.1, -0.05) is 51.1 Å². The summed E-state index contributed by atoms with van der Waals surface area (Å²) in [4.78, 5) is 17.9. The van der Waals surface area contributed by atoms with Crippen LogP contribution in [0.25, 0.3) is 50.3 Å². The van der Waals surface area contributed by atoms with Crippen molar-refractivity contribution in [2.75, 3.05) is 0 Å². The standard InChI is InChI=1S/C32H23N7/c1-32(2,3)23-9-10-25-24-6-4-5-7-27(24)39(29(25)13-23)28-11-8-22(30-35-16-20(14-33)17-36-30)12-26(28)31-37-18-21(15-34)19-38-31/h4-13,16-19H,1-3H3. The number of hydrogen-bond donors (Lipinski definition) is 0. The average Bonchev–Trinajstić information content (AvgIpc) is 3.30. The molecule has 0 aliphatic heterocycles. The van der Waals surface area contributed by atoms with Crippen LogP contribution in [0, 0.1) is 22.7 Å². The van der Waals surface area contributed by atoms with E-state index >= 15 is 0 Å². The van der Waals surface area contributed by atoms with E-state index in [9.17, 15) is 5.26 Å². The second kappa shape index (κ2) is 9.16. The highest BCUT2D eigenvalue weighted by Gasteiger charge is 2.21. The van der Waals surface area contributed by atoms with Crippen LogP contribution in [0.1, 0.15) is 37.5 Å². The lowest BCUT2D eigenvalue weighted by molar-refractivity contribution is 0.591. The molecule has 39 heavy (non-hydrogen) atoms. The summed E-state index contributed by atoms with van der Waals surface area (Å²) in [6, 6.07) is 25.1. The fourth-order valence-electron chi connectivity index (χ4n) is 4.81. The minimum Gasteiger partial charge on any atom is -0.308 e. The maximum Gasteiger partial charge on any atom is 0.161 e. The first kappa shape index (κ1) is 24.0. The molecular formula is C32H23N7. The van der Waals surface area contributed by atoms with Crippen LogP contribution in [0.4, 0.5) is 0 Å². The number of benzene rings is 3. The minimum atomic E-state index is -0.0225. The van der Waals surface area contributed by atoms with Crippen molar-refractivity contribution >= 4 is 21.8 Å². The molecule has 0 aliphatic carbocycles. The Morgan fingerprint density at radius 1 is 0.667 bits per heavy atom. The Hall–Kier alpha value is -5.40. The molecule has 0 aliphatic rings. The maximum absolute atomic E-state index is 9.29. The monoisotopic (exact) mass is 505 g/mol. The van der Waals surface area contributed by atoms with Crippen LogP contribution in [0.2, 0.25) is 0 Å². The molecular weight excluding hydrogens is 482 g/mol. The van der Waals surface area contributed by atoms with Crippen molar-refractivity contribution in [1.82, 2.24) is 24.5 Å². The predicted molar refractivity (Wildman–Crippen MR) is 151 cm³/mol. The van der Waals surface area contributed by atoms with Crippen molar-refractivity contribution < 1.29 is 0 Å². The molecule has 0 N–H and O–H groups in total. The van der Waals surface area contributed by atoms with E-state index in [0.717, 1.165) is 38.6 Å². The fourth-order valence-corrected chi connectivity index (χ4v) is 4.81. The third-order valence-electron chi connectivity index (χ3n) is 6.84. The number of para-hydroxylation sites is 1. The van der Waals surface area contributed by atoms with E-state index in [1.807, 2.05) is 24.3 Å². The summed E-state index contributed by atoms with van der Waals surface area (Å²) < 4.78 is 2.25. The predicted octanol–water partition coefficient (Wildman–Crippen LogP) is 6.74. The van der Waals surface area contributed by atoms with Gasteiger partial charge in [-0.2, -0.15) is 10.5 Å². The number of nitrogens with zero attached hydrogens (tertiary/aromatic N) is 7. The lowest BCUT2D eigenvalue weighted by atomic mass is 9.86. The molecule has 3 heterocycles. The second-order valence-corrected chi connectivity index (χ2v) is 10.4. The van der Waals surface area contributed by atoms with Crippen LogP contribution >= 0.6 is 0 Å². The zero-order chi connectivity index (χ0) is 27.1. The van der Waals surface area contributed by atoms with Crippen molar-refractivity contribution in [2.45, 2.75) is 26.2 Å². The van der Waals surface area contributed by atoms with Crippen molar-refractivity contribution in [1.29, 1.82) is 10.5 Å². The highest BCUT2D eigenvalue weighted by molar-refractivity contribution is 6.10. The van der Waals surface area contributed by atoms with Gasteiger partial charge in [0, 0.05) is 46.7 Å². The van der Waals surface area contributed by atoms with Gasteiger partial charge in [0.15, 0.2) is 11.6 Å². The van der Waals surface area contributed by atoms with E-state index in [1.165, 1.54) is 30.4 Å². The first-order chi connectivity index (χ1) is 18.9. The second-order valence-electron chi connectivity index (χ2n) is 10.4. The van der Waals surface area contributed by atoms with E-state index < -0.39 is 0 Å². The van der Waals surface area contributed by atoms with Crippen LogP contribution in [-0.2, 0) is 5.41 Å². The molecule has 3 aromatic heterocycles. The van der Waals surface area contributed by atoms with Gasteiger partial charge in [0.1, 0.15) is 12.1 Å². The molecule has 0 amide bonds. The molecule has 0 saturated heterocycles. The third kappa shape index (κ3) is 4.17. The maximum atomic E-state index is 9.29. The molecule has 6 aromatic rings. The highest BCUT2D eigenvalue weighted by Crippen LogP contribution is 2.38. The molecule has 0 saturated carbocycles. The highest BCUT2D eigenvalue weighted by atomic mass is 15.0. The molecule has 0 bridgehead atoms. The van der Waals surface area contributed by atoms with Gasteiger partial charge in [-0.15, -0.1) is 0 Å². The SMILES string of the molecule is CC(C)(C)c1ccc2c3ccccc3n(-c3ccc(-c4ncc(C#N)cn4)cc3-c3ncc(C#N)cn3)c2c1. The van der Waals surface area contributed by atoms with Crippen LogP contribution in [-0.4, -0.2) is 24.5 Å². The summed E-state index contributed by atoms with van der Waals surface area (Å²) in [7, 11) is 0. The normalized spacial score (nSPS) is 11.4. The van der Waals surface area contributed by atoms with E-state index in [1.54, 1.807) is 0 Å². The Labute approximate surface area is 225 Å². The summed E-state index contributed by atoms with van der Waals surface area (Å²) in [6.07, 6.45) is 6.07. The van der Waals surface area contributed by atoms with Gasteiger partial charge < -0.3 is 4.57 Å². The van der Waals surface area contributed by atoms with Crippen molar-refractivity contribution in [3.63, 3.8) is 0 Å². The number of aromatic nitrogens is 5. The molecule has 186 valence electrons. The van der Waals surface area contributed by atoms with Crippen molar-refractivity contribution in [3.8, 4) is 40.6 Å². The van der Waals surface area contributed by atoms with Gasteiger partial charge >= 0.3 is 0 Å². The molecule has 7 heteroatoms. The number of fused-ring (bicyclic) bond motifs is 3. The lowest BCUT2D eigenvalue weighted by Gasteiger charge is -2.20. The molecule has 3 aromatic carbocycles. The van der Waals surface area contributed by atoms with E-state index in [2.05, 4.69) is 93.8 Å². The van der Waals surface area contributed by atoms with Gasteiger partial charge in [0.05, 0.1) is 27.8 Å². The topological polar surface area (TPSA) is 104 Å². The average molecular weight is 506 g/mol. The zero-order valence-corrected chi connectivity index (χ0v) is 21.7. The quantitative estimate of drug-likeness (QED) is 0.264. The van der Waals surface area contributed by atoms with Gasteiger partial charge in [0.25, 0.3) is 0 Å². The largest absolute Gasteiger partial charge is 0.308 e. The molecule has 6 rings (SSSR count). The summed E-state index contributed by atoms with van der Waals surface area (Å²) >= 11 is 0. The van der Waals surface area contributed by atoms with Gasteiger partial charge in [0.2, 0.25) is 0 Å². The molecule has 0 fully saturated rings. The molecule has 7 nitrogen and oxygen atoms in total. The van der Waals surface area contributed by atoms with Crippen LogP contribution < -0.4 is 0 Å². The Morgan fingerprint density at radius 2 is 1.28 bits per heavy atom. The minimum absolute atomic E-state index is 0.0225. The smallest absolute Gasteiger partial charge is 0.161 e. The summed E-state index contributed by atoms with van der Waals surface area (Å²) in [5, 5.41) is 20.8. The number of hydrogen-bond acceptors (Lipinski definition) is 6. The first-order valence-corrected chi connectivity index (χ1v) is 12.5. The van der Waals surface area contributed by atoms with Crippen LogP contribution in [0.5, 0.6) is 0 Å². The third-order valence-corrected chi connectivity index (χ3v) is 6.84. The molecule has 0 spiro atoms. The molecule has 0 unspecified atom stereocenters. The number of nitriles is 2. The summed E-state index contributed by atoms with van der Waals surface area (Å²) in [5.74, 6) is 0.977. The van der Waals surface area contributed by atoms with Gasteiger partial charge in [-0.3, -0.25) is 0 Å². The Bertz CT molecular complexity index is 1950. The Balaban J connectivity index is 1.67. The van der Waals surface area contributed by atoms with Gasteiger partial charge in [-0.05, 0) is 41.3 Å². The number of rotatable bonds is 3. The lowest BCUT2D eigenvalue weighted by Crippen LogP contribution is -2.11. The summed E-state index contributed by atoms with van der Waals surface area (Å²) in [6.45, 7) is 6.64. The Morgan fingerprint density at radius 3 is 1.92 bits per heavy atom. The first-order valence-electron chi connectivity index (χ1n) is 12.5.